The Hall–Kier alpha value is -3.52. The average molecular weight is 481 g/mol. The van der Waals surface area contributed by atoms with Crippen LogP contribution in [0.3, 0.4) is 0 Å². The average Bonchev–Trinajstić information content (AvgIpc) is 3.31. The molecule has 0 aliphatic heterocycles. The minimum Gasteiger partial charge on any atom is -0.492 e. The summed E-state index contributed by atoms with van der Waals surface area (Å²) in [5, 5.41) is 0. The number of hydrogen-bond donors (Lipinski definition) is 0. The number of benzene rings is 2. The maximum atomic E-state index is 13.7. The number of pyridine rings is 1. The number of halogens is 1. The van der Waals surface area contributed by atoms with E-state index in [1.807, 2.05) is 6.92 Å². The zero-order valence-corrected chi connectivity index (χ0v) is 19.6. The van der Waals surface area contributed by atoms with Gasteiger partial charge in [0.1, 0.15) is 22.1 Å². The number of hydrogen-bond acceptors (Lipinski definition) is 5. The summed E-state index contributed by atoms with van der Waals surface area (Å²) in [6.45, 7) is 2.29. The topological polar surface area (TPSA) is 77.7 Å². The van der Waals surface area contributed by atoms with Crippen LogP contribution in [0.15, 0.2) is 83.0 Å². The monoisotopic (exact) mass is 480 g/mol. The molecule has 0 N–H and O–H groups in total. The molecule has 0 saturated heterocycles. The van der Waals surface area contributed by atoms with Gasteiger partial charge in [0.05, 0.1) is 11.5 Å². The van der Waals surface area contributed by atoms with Gasteiger partial charge in [-0.25, -0.2) is 17.8 Å². The van der Waals surface area contributed by atoms with E-state index in [1.165, 1.54) is 18.2 Å². The number of aromatic nitrogens is 2. The van der Waals surface area contributed by atoms with Crippen LogP contribution in [0, 0.1) is 5.82 Å². The predicted molar refractivity (Wildman–Crippen MR) is 127 cm³/mol. The Morgan fingerprint density at radius 2 is 1.88 bits per heavy atom. The molecule has 0 radical (unpaired) electrons. The predicted octanol–water partition coefficient (Wildman–Crippen LogP) is 5.30. The van der Waals surface area contributed by atoms with Crippen LogP contribution in [-0.2, 0) is 16.3 Å². The summed E-state index contributed by atoms with van der Waals surface area (Å²) in [7, 11) is -3.90. The first-order valence-corrected chi connectivity index (χ1v) is 12.6. The summed E-state index contributed by atoms with van der Waals surface area (Å²) < 4.78 is 47.4. The van der Waals surface area contributed by atoms with Crippen molar-refractivity contribution in [1.82, 2.24) is 9.38 Å². The van der Waals surface area contributed by atoms with E-state index < -0.39 is 15.7 Å². The molecule has 0 bridgehead atoms. The number of imidazole rings is 1. The number of ether oxygens (including phenoxy) is 1. The SMILES string of the molecule is CCCCOc1cc(F)ccc1S(=O)(=O)c1ccc(CCC(=O)c2ccc3nccn3c2)cc1. The molecule has 0 amide bonds. The van der Waals surface area contributed by atoms with Crippen LogP contribution in [0.1, 0.15) is 42.1 Å². The minimum atomic E-state index is -3.90. The zero-order chi connectivity index (χ0) is 24.1. The number of ketones is 1. The minimum absolute atomic E-state index is 0.00696. The number of sulfone groups is 1. The van der Waals surface area contributed by atoms with Gasteiger partial charge in [-0.05, 0) is 54.8 Å². The molecule has 4 aromatic rings. The first-order valence-electron chi connectivity index (χ1n) is 11.1. The largest absolute Gasteiger partial charge is 0.492 e. The van der Waals surface area contributed by atoms with E-state index in [1.54, 1.807) is 47.3 Å². The van der Waals surface area contributed by atoms with E-state index in [2.05, 4.69) is 4.98 Å². The van der Waals surface area contributed by atoms with Crippen LogP contribution < -0.4 is 4.74 Å². The molecule has 0 aliphatic rings. The number of carbonyl (C=O) groups excluding carboxylic acids is 1. The quantitative estimate of drug-likeness (QED) is 0.175. The van der Waals surface area contributed by atoms with Crippen LogP contribution in [0.5, 0.6) is 5.75 Å². The molecular weight excluding hydrogens is 455 g/mol. The van der Waals surface area contributed by atoms with Gasteiger partial charge in [0.2, 0.25) is 9.84 Å². The van der Waals surface area contributed by atoms with Gasteiger partial charge in [0, 0.05) is 36.6 Å². The van der Waals surface area contributed by atoms with Gasteiger partial charge in [-0.3, -0.25) is 4.79 Å². The molecular formula is C26H25FN2O4S. The van der Waals surface area contributed by atoms with Gasteiger partial charge in [-0.2, -0.15) is 0 Å². The lowest BCUT2D eigenvalue weighted by Crippen LogP contribution is -2.07. The summed E-state index contributed by atoms with van der Waals surface area (Å²) in [6, 6.07) is 13.4. The zero-order valence-electron chi connectivity index (χ0n) is 18.8. The van der Waals surface area contributed by atoms with E-state index in [0.29, 0.717) is 25.0 Å². The third kappa shape index (κ3) is 5.17. The van der Waals surface area contributed by atoms with Crippen molar-refractivity contribution >= 4 is 21.3 Å². The molecule has 2 aromatic carbocycles. The normalized spacial score (nSPS) is 11.6. The third-order valence-corrected chi connectivity index (χ3v) is 7.34. The lowest BCUT2D eigenvalue weighted by Gasteiger charge is -2.12. The summed E-state index contributed by atoms with van der Waals surface area (Å²) >= 11 is 0. The number of fused-ring (bicyclic) bond motifs is 1. The van der Waals surface area contributed by atoms with Gasteiger partial charge in [0.15, 0.2) is 5.78 Å². The molecule has 0 fully saturated rings. The van der Waals surface area contributed by atoms with Crippen molar-refractivity contribution in [3.8, 4) is 5.75 Å². The molecule has 4 rings (SSSR count). The van der Waals surface area contributed by atoms with Gasteiger partial charge >= 0.3 is 0 Å². The van der Waals surface area contributed by atoms with E-state index in [4.69, 9.17) is 4.74 Å². The first kappa shape index (κ1) is 23.6. The molecule has 0 spiro atoms. The third-order valence-electron chi connectivity index (χ3n) is 5.54. The molecule has 6 nitrogen and oxygen atoms in total. The van der Waals surface area contributed by atoms with Crippen molar-refractivity contribution in [2.75, 3.05) is 6.61 Å². The second-order valence-electron chi connectivity index (χ2n) is 7.97. The lowest BCUT2D eigenvalue weighted by molar-refractivity contribution is 0.0982. The van der Waals surface area contributed by atoms with E-state index in [-0.39, 0.29) is 21.3 Å². The van der Waals surface area contributed by atoms with Crippen LogP contribution in [0.4, 0.5) is 4.39 Å². The lowest BCUT2D eigenvalue weighted by atomic mass is 10.0. The maximum absolute atomic E-state index is 13.7. The number of aryl methyl sites for hydroxylation is 1. The molecule has 34 heavy (non-hydrogen) atoms. The summed E-state index contributed by atoms with van der Waals surface area (Å²) in [5.74, 6) is -0.553. The standard InChI is InChI=1S/C26H25FN2O4S/c1-2-3-16-33-24-17-21(27)8-12-25(24)34(31,32)22-9-4-19(5-10-22)6-11-23(30)20-7-13-26-28-14-15-29(26)18-20/h4-5,7-10,12-15,17-18H,2-3,6,11,16H2,1H3. The Bertz CT molecular complexity index is 1410. The Morgan fingerprint density at radius 1 is 1.09 bits per heavy atom. The van der Waals surface area contributed by atoms with Gasteiger partial charge in [-0.1, -0.05) is 25.5 Å². The highest BCUT2D eigenvalue weighted by Crippen LogP contribution is 2.30. The number of unbranched alkanes of at least 4 members (excludes halogenated alkanes) is 1. The van der Waals surface area contributed by atoms with Crippen molar-refractivity contribution in [2.45, 2.75) is 42.4 Å². The molecule has 0 unspecified atom stereocenters. The second kappa shape index (κ2) is 10.2. The summed E-state index contributed by atoms with van der Waals surface area (Å²) in [5.41, 5.74) is 2.21. The van der Waals surface area contributed by atoms with Crippen molar-refractivity contribution < 1.29 is 22.3 Å². The summed E-state index contributed by atoms with van der Waals surface area (Å²) in [4.78, 5) is 16.8. The van der Waals surface area contributed by atoms with Crippen LogP contribution >= 0.6 is 0 Å². The fraction of sp³-hybridized carbons (Fsp3) is 0.231. The molecule has 0 aliphatic carbocycles. The van der Waals surface area contributed by atoms with Crippen molar-refractivity contribution in [3.63, 3.8) is 0 Å². The summed E-state index contributed by atoms with van der Waals surface area (Å²) in [6.07, 6.45) is 7.59. The molecule has 8 heteroatoms. The Labute approximate surface area is 198 Å². The van der Waals surface area contributed by atoms with E-state index >= 15 is 0 Å². The Balaban J connectivity index is 1.47. The van der Waals surface area contributed by atoms with Crippen molar-refractivity contribution in [2.24, 2.45) is 0 Å². The molecule has 2 aromatic heterocycles. The van der Waals surface area contributed by atoms with Crippen molar-refractivity contribution in [1.29, 1.82) is 0 Å². The number of Topliss-reactive ketones (excluding diaryl/α,β-unsaturated/α-hetero) is 1. The smallest absolute Gasteiger partial charge is 0.210 e. The van der Waals surface area contributed by atoms with Crippen LogP contribution in [0.2, 0.25) is 0 Å². The Morgan fingerprint density at radius 3 is 2.65 bits per heavy atom. The fourth-order valence-electron chi connectivity index (χ4n) is 3.59. The highest BCUT2D eigenvalue weighted by Gasteiger charge is 2.23. The first-order chi connectivity index (χ1) is 16.4. The van der Waals surface area contributed by atoms with E-state index in [9.17, 15) is 17.6 Å². The molecule has 0 atom stereocenters. The molecule has 0 saturated carbocycles. The van der Waals surface area contributed by atoms with Gasteiger partial charge < -0.3 is 9.14 Å². The van der Waals surface area contributed by atoms with Crippen LogP contribution in [-0.4, -0.2) is 30.2 Å². The number of rotatable bonds is 10. The van der Waals surface area contributed by atoms with Crippen molar-refractivity contribution in [3.05, 3.63) is 90.1 Å². The number of nitrogens with zero attached hydrogens (tertiary/aromatic N) is 2. The number of carbonyl (C=O) groups is 1. The second-order valence-corrected chi connectivity index (χ2v) is 9.89. The van der Waals surface area contributed by atoms with Gasteiger partial charge in [0.25, 0.3) is 0 Å². The highest BCUT2D eigenvalue weighted by atomic mass is 32.2. The Kier molecular flexibility index (Phi) is 7.07. The maximum Gasteiger partial charge on any atom is 0.210 e. The van der Waals surface area contributed by atoms with E-state index in [0.717, 1.165) is 36.2 Å². The molecule has 2 heterocycles. The van der Waals surface area contributed by atoms with Gasteiger partial charge in [-0.15, -0.1) is 0 Å². The fourth-order valence-corrected chi connectivity index (χ4v) is 4.97. The molecule has 176 valence electrons. The van der Waals surface area contributed by atoms with Crippen LogP contribution in [0.25, 0.3) is 5.65 Å². The highest BCUT2D eigenvalue weighted by molar-refractivity contribution is 7.91.